The Morgan fingerprint density at radius 3 is 2.67 bits per heavy atom. The second-order valence-electron chi connectivity index (χ2n) is 12.8. The zero-order valence-corrected chi connectivity index (χ0v) is 29.2. The van der Waals surface area contributed by atoms with Crippen LogP contribution in [0.1, 0.15) is 40.7 Å². The van der Waals surface area contributed by atoms with Gasteiger partial charge in [-0.25, -0.2) is 4.39 Å². The molecule has 3 aromatic carbocycles. The largest absolute Gasteiger partial charge is 0.493 e. The Labute approximate surface area is 290 Å². The van der Waals surface area contributed by atoms with Crippen LogP contribution in [0.2, 0.25) is 10.0 Å². The summed E-state index contributed by atoms with van der Waals surface area (Å²) in [5.41, 5.74) is 3.47. The van der Waals surface area contributed by atoms with Crippen LogP contribution in [0.15, 0.2) is 60.9 Å². The second-order valence-corrected chi connectivity index (χ2v) is 13.6. The lowest BCUT2D eigenvalue weighted by atomic mass is 10.1. The molecule has 12 heteroatoms. The number of likely N-dealkylation sites (N-methyl/N-ethyl adjacent to an activating group) is 1. The van der Waals surface area contributed by atoms with Gasteiger partial charge < -0.3 is 24.2 Å². The van der Waals surface area contributed by atoms with Crippen molar-refractivity contribution in [3.8, 4) is 22.6 Å². The lowest BCUT2D eigenvalue weighted by Gasteiger charge is -2.23. The Bertz CT molecular complexity index is 1770. The first-order valence-corrected chi connectivity index (χ1v) is 16.7. The van der Waals surface area contributed by atoms with E-state index in [2.05, 4.69) is 10.4 Å². The smallest absolute Gasteiger partial charge is 0.251 e. The van der Waals surface area contributed by atoms with Gasteiger partial charge >= 0.3 is 0 Å². The van der Waals surface area contributed by atoms with E-state index in [1.165, 1.54) is 12.1 Å². The molecule has 0 bridgehead atoms. The van der Waals surface area contributed by atoms with Gasteiger partial charge in [0.15, 0.2) is 5.75 Å². The molecule has 4 aromatic rings. The quantitative estimate of drug-likeness (QED) is 0.131. The van der Waals surface area contributed by atoms with Gasteiger partial charge in [-0.15, -0.1) is 0 Å². The zero-order chi connectivity index (χ0) is 34.4. The highest BCUT2D eigenvalue weighted by atomic mass is 35.5. The van der Waals surface area contributed by atoms with E-state index >= 15 is 4.39 Å². The minimum absolute atomic E-state index is 0.0170. The Morgan fingerprint density at radius 2 is 1.90 bits per heavy atom. The fourth-order valence-corrected chi connectivity index (χ4v) is 5.85. The van der Waals surface area contributed by atoms with Crippen LogP contribution >= 0.6 is 23.2 Å². The summed E-state index contributed by atoms with van der Waals surface area (Å²) in [5.74, 6) is 0.325. The maximum absolute atomic E-state index is 15.2. The van der Waals surface area contributed by atoms with Crippen LogP contribution in [0.5, 0.6) is 11.5 Å². The molecule has 0 saturated heterocycles. The zero-order valence-electron chi connectivity index (χ0n) is 27.7. The van der Waals surface area contributed by atoms with Crippen LogP contribution in [0.25, 0.3) is 11.1 Å². The third-order valence-corrected chi connectivity index (χ3v) is 8.85. The molecule has 48 heavy (non-hydrogen) atoms. The minimum Gasteiger partial charge on any atom is -0.493 e. The molecule has 0 unspecified atom stereocenters. The molecule has 0 spiro atoms. The monoisotopic (exact) mass is 696 g/mol. The molecule has 2 amide bonds. The molecule has 1 N–H and O–H groups in total. The maximum atomic E-state index is 15.2. The molecular weight excluding hydrogens is 656 g/mol. The SMILES string of the molecule is Cc1c(Cl)cccc1OCCCC(=O)N1CCCOc2c(-c3cnn(Cc4c(F)cc(C(=O)NCC[N+](C)(C)C)cc4Cl)c3)cccc21. The Kier molecular flexibility index (Phi) is 11.3. The number of quaternary nitrogens is 1. The van der Waals surface area contributed by atoms with Gasteiger partial charge in [-0.2, -0.15) is 5.10 Å². The maximum Gasteiger partial charge on any atom is 0.251 e. The number of anilines is 1. The number of carbonyl (C=O) groups excluding carboxylic acids is 2. The molecule has 0 saturated carbocycles. The van der Waals surface area contributed by atoms with Crippen LogP contribution < -0.4 is 19.7 Å². The molecule has 1 aliphatic rings. The van der Waals surface area contributed by atoms with E-state index in [1.807, 2.05) is 64.5 Å². The molecule has 2 heterocycles. The molecule has 254 valence electrons. The van der Waals surface area contributed by atoms with Gasteiger partial charge in [-0.05, 0) is 50.1 Å². The van der Waals surface area contributed by atoms with Gasteiger partial charge in [0.1, 0.15) is 11.6 Å². The fourth-order valence-electron chi connectivity index (χ4n) is 5.42. The molecule has 9 nitrogen and oxygen atoms in total. The summed E-state index contributed by atoms with van der Waals surface area (Å²) >= 11 is 12.7. The van der Waals surface area contributed by atoms with E-state index in [0.29, 0.717) is 72.3 Å². The Balaban J connectivity index is 1.26. The van der Waals surface area contributed by atoms with Crippen LogP contribution in [-0.2, 0) is 11.3 Å². The van der Waals surface area contributed by atoms with Crippen LogP contribution in [-0.4, -0.2) is 80.1 Å². The summed E-state index contributed by atoms with van der Waals surface area (Å²) in [6.45, 7) is 4.52. The van der Waals surface area contributed by atoms with Gasteiger partial charge in [0.2, 0.25) is 5.91 Å². The number of nitrogens with one attached hydrogen (secondary N) is 1. The van der Waals surface area contributed by atoms with Gasteiger partial charge in [0, 0.05) is 57.0 Å². The third-order valence-electron chi connectivity index (χ3n) is 8.10. The van der Waals surface area contributed by atoms with Gasteiger partial charge in [-0.3, -0.25) is 14.3 Å². The molecular formula is C36H41Cl2FN5O4+. The normalized spacial score (nSPS) is 13.0. The van der Waals surface area contributed by atoms with Crippen molar-refractivity contribution in [1.29, 1.82) is 0 Å². The molecule has 5 rings (SSSR count). The van der Waals surface area contributed by atoms with Crippen molar-refractivity contribution in [3.63, 3.8) is 0 Å². The number of hydrogen-bond donors (Lipinski definition) is 1. The van der Waals surface area contributed by atoms with Crippen LogP contribution in [0.4, 0.5) is 10.1 Å². The van der Waals surface area contributed by atoms with Crippen molar-refractivity contribution in [1.82, 2.24) is 15.1 Å². The summed E-state index contributed by atoms with van der Waals surface area (Å²) in [6.07, 6.45) is 4.99. The topological polar surface area (TPSA) is 85.7 Å². The van der Waals surface area contributed by atoms with E-state index < -0.39 is 5.82 Å². The summed E-state index contributed by atoms with van der Waals surface area (Å²) in [7, 11) is 6.08. The first-order valence-electron chi connectivity index (χ1n) is 15.9. The molecule has 1 aliphatic heterocycles. The lowest BCUT2D eigenvalue weighted by molar-refractivity contribution is -0.869. The molecule has 0 radical (unpaired) electrons. The lowest BCUT2D eigenvalue weighted by Crippen LogP contribution is -2.41. The van der Waals surface area contributed by atoms with E-state index in [0.717, 1.165) is 23.2 Å². The van der Waals surface area contributed by atoms with Gasteiger partial charge in [0.25, 0.3) is 5.91 Å². The number of hydrogen-bond acceptors (Lipinski definition) is 5. The van der Waals surface area contributed by atoms with Crippen molar-refractivity contribution >= 4 is 40.7 Å². The standard InChI is InChI=1S/C36H40Cl2FN5O4/c1-24-29(37)10-6-12-33(24)47-17-7-13-34(45)43-15-8-18-48-35-27(9-5-11-32(35)43)26-21-41-42(22-26)23-28-30(38)19-25(20-31(28)39)36(46)40-14-16-44(2,3)4/h5-6,9-12,19-22H,7-8,13-18,23H2,1-4H3/p+1. The van der Waals surface area contributed by atoms with E-state index in [9.17, 15) is 9.59 Å². The van der Waals surface area contributed by atoms with Crippen molar-refractivity contribution in [3.05, 3.63) is 93.5 Å². The summed E-state index contributed by atoms with van der Waals surface area (Å²) in [5, 5.41) is 8.06. The van der Waals surface area contributed by atoms with Gasteiger partial charge in [0.05, 0.1) is 65.9 Å². The average molecular weight is 698 g/mol. The van der Waals surface area contributed by atoms with Gasteiger partial charge in [-0.1, -0.05) is 41.4 Å². The minimum atomic E-state index is -0.588. The first-order chi connectivity index (χ1) is 22.9. The summed E-state index contributed by atoms with van der Waals surface area (Å²) in [4.78, 5) is 27.8. The van der Waals surface area contributed by atoms with Crippen molar-refractivity contribution in [2.24, 2.45) is 0 Å². The number of fused-ring (bicyclic) bond motifs is 1. The highest BCUT2D eigenvalue weighted by Crippen LogP contribution is 2.40. The van der Waals surface area contributed by atoms with Crippen LogP contribution in [0, 0.1) is 12.7 Å². The number of aromatic nitrogens is 2. The van der Waals surface area contributed by atoms with Crippen molar-refractivity contribution in [2.45, 2.75) is 32.7 Å². The van der Waals surface area contributed by atoms with Crippen molar-refractivity contribution in [2.75, 3.05) is 58.9 Å². The predicted molar refractivity (Wildman–Crippen MR) is 187 cm³/mol. The number of ether oxygens (including phenoxy) is 2. The molecule has 1 aromatic heterocycles. The van der Waals surface area contributed by atoms with Crippen molar-refractivity contribution < 1.29 is 27.9 Å². The van der Waals surface area contributed by atoms with E-state index in [4.69, 9.17) is 32.7 Å². The third kappa shape index (κ3) is 8.66. The molecule has 0 fully saturated rings. The predicted octanol–water partition coefficient (Wildman–Crippen LogP) is 6.76. The van der Waals surface area contributed by atoms with E-state index in [1.54, 1.807) is 22.0 Å². The average Bonchev–Trinajstić information content (AvgIpc) is 3.39. The first kappa shape index (κ1) is 35.2. The second kappa shape index (κ2) is 15.4. The number of amides is 2. The number of para-hydroxylation sites is 1. The summed E-state index contributed by atoms with van der Waals surface area (Å²) < 4.78 is 29.6. The Hall–Kier alpha value is -4.12. The summed E-state index contributed by atoms with van der Waals surface area (Å²) in [6, 6.07) is 13.9. The number of halogens is 3. The van der Waals surface area contributed by atoms with E-state index in [-0.39, 0.29) is 34.5 Å². The van der Waals surface area contributed by atoms with Crippen LogP contribution in [0.3, 0.4) is 0 Å². The highest BCUT2D eigenvalue weighted by Gasteiger charge is 2.25. The number of benzene rings is 3. The molecule has 0 atom stereocenters. The number of nitrogens with zero attached hydrogens (tertiary/aromatic N) is 4. The highest BCUT2D eigenvalue weighted by molar-refractivity contribution is 6.32. The fraction of sp³-hybridized carbons (Fsp3) is 0.361. The molecule has 0 aliphatic carbocycles. The Morgan fingerprint density at radius 1 is 1.10 bits per heavy atom. The number of carbonyl (C=O) groups is 2. The number of rotatable bonds is 12.